The van der Waals surface area contributed by atoms with E-state index in [1.54, 1.807) is 36.3 Å². The van der Waals surface area contributed by atoms with Gasteiger partial charge in [0, 0.05) is 32.1 Å². The zero-order valence-electron chi connectivity index (χ0n) is 17.1. The smallest absolute Gasteiger partial charge is 0.255 e. The van der Waals surface area contributed by atoms with Crippen LogP contribution >= 0.6 is 11.6 Å². The second-order valence-electron chi connectivity index (χ2n) is 7.19. The molecule has 6 heteroatoms. The highest BCUT2D eigenvalue weighted by Gasteiger charge is 2.42. The summed E-state index contributed by atoms with van der Waals surface area (Å²) in [6, 6.07) is 14.8. The van der Waals surface area contributed by atoms with Gasteiger partial charge in [0.05, 0.1) is 23.6 Å². The number of hydrogen-bond acceptors (Lipinski definition) is 3. The summed E-state index contributed by atoms with van der Waals surface area (Å²) < 4.78 is 5.26. The minimum atomic E-state index is -0.283. The Bertz CT molecular complexity index is 865. The van der Waals surface area contributed by atoms with E-state index in [-0.39, 0.29) is 23.7 Å². The third kappa shape index (κ3) is 4.40. The van der Waals surface area contributed by atoms with E-state index < -0.39 is 0 Å². The summed E-state index contributed by atoms with van der Waals surface area (Å²) >= 11 is 6.24. The Morgan fingerprint density at radius 1 is 1.07 bits per heavy atom. The topological polar surface area (TPSA) is 49.9 Å². The predicted octanol–water partition coefficient (Wildman–Crippen LogP) is 4.07. The van der Waals surface area contributed by atoms with E-state index >= 15 is 0 Å². The number of carbonyl (C=O) groups excluding carboxylic acids is 2. The molecule has 29 heavy (non-hydrogen) atoms. The highest BCUT2D eigenvalue weighted by atomic mass is 35.5. The van der Waals surface area contributed by atoms with Crippen LogP contribution in [0.3, 0.4) is 0 Å². The third-order valence-electron chi connectivity index (χ3n) is 5.65. The minimum Gasteiger partial charge on any atom is -0.497 e. The van der Waals surface area contributed by atoms with Crippen molar-refractivity contribution in [2.24, 2.45) is 5.92 Å². The Labute approximate surface area is 177 Å². The van der Waals surface area contributed by atoms with Crippen molar-refractivity contribution in [3.05, 3.63) is 64.7 Å². The number of ether oxygens (including phenoxy) is 1. The van der Waals surface area contributed by atoms with Gasteiger partial charge in [-0.25, -0.2) is 0 Å². The zero-order chi connectivity index (χ0) is 21.0. The zero-order valence-corrected chi connectivity index (χ0v) is 17.9. The number of halogens is 1. The Morgan fingerprint density at radius 2 is 1.72 bits per heavy atom. The SMILES string of the molecule is CCN(CC)C(=O)[C@@H]1CN(C(=O)c2ccccc2Cl)C[C@@H]1c1ccc(OC)cc1. The number of amides is 2. The summed E-state index contributed by atoms with van der Waals surface area (Å²) in [7, 11) is 1.63. The van der Waals surface area contributed by atoms with E-state index in [9.17, 15) is 9.59 Å². The van der Waals surface area contributed by atoms with Crippen LogP contribution in [0.2, 0.25) is 5.02 Å². The number of hydrogen-bond donors (Lipinski definition) is 0. The van der Waals surface area contributed by atoms with Crippen molar-refractivity contribution in [3.8, 4) is 5.75 Å². The number of likely N-dealkylation sites (tertiary alicyclic amines) is 1. The van der Waals surface area contributed by atoms with Crippen LogP contribution in [0.25, 0.3) is 0 Å². The van der Waals surface area contributed by atoms with Crippen molar-refractivity contribution in [2.45, 2.75) is 19.8 Å². The molecule has 0 bridgehead atoms. The fraction of sp³-hybridized carbons (Fsp3) is 0.391. The van der Waals surface area contributed by atoms with Crippen molar-refractivity contribution >= 4 is 23.4 Å². The lowest BCUT2D eigenvalue weighted by atomic mass is 9.88. The van der Waals surface area contributed by atoms with Crippen LogP contribution in [0, 0.1) is 5.92 Å². The van der Waals surface area contributed by atoms with Gasteiger partial charge >= 0.3 is 0 Å². The van der Waals surface area contributed by atoms with Crippen LogP contribution < -0.4 is 4.74 Å². The summed E-state index contributed by atoms with van der Waals surface area (Å²) in [6.45, 7) is 6.13. The van der Waals surface area contributed by atoms with Gasteiger partial charge in [-0.3, -0.25) is 9.59 Å². The fourth-order valence-corrected chi connectivity index (χ4v) is 4.20. The highest BCUT2D eigenvalue weighted by Crippen LogP contribution is 2.36. The average Bonchev–Trinajstić information content (AvgIpc) is 3.20. The largest absolute Gasteiger partial charge is 0.497 e. The quantitative estimate of drug-likeness (QED) is 0.715. The van der Waals surface area contributed by atoms with Gasteiger partial charge < -0.3 is 14.5 Å². The summed E-state index contributed by atoms with van der Waals surface area (Å²) in [4.78, 5) is 29.9. The van der Waals surface area contributed by atoms with Crippen LogP contribution in [-0.2, 0) is 4.79 Å². The van der Waals surface area contributed by atoms with E-state index in [0.717, 1.165) is 11.3 Å². The van der Waals surface area contributed by atoms with Crippen LogP contribution in [0.4, 0.5) is 0 Å². The maximum absolute atomic E-state index is 13.2. The molecule has 3 rings (SSSR count). The molecule has 0 aliphatic carbocycles. The molecule has 0 spiro atoms. The van der Waals surface area contributed by atoms with Crippen molar-refractivity contribution in [2.75, 3.05) is 33.3 Å². The molecular weight excluding hydrogens is 388 g/mol. The summed E-state index contributed by atoms with van der Waals surface area (Å²) in [6.07, 6.45) is 0. The lowest BCUT2D eigenvalue weighted by Gasteiger charge is -2.25. The van der Waals surface area contributed by atoms with Gasteiger partial charge in [0.2, 0.25) is 5.91 Å². The normalized spacial score (nSPS) is 18.6. The molecule has 1 aliphatic rings. The summed E-state index contributed by atoms with van der Waals surface area (Å²) in [5.41, 5.74) is 1.50. The molecule has 2 amide bonds. The molecule has 154 valence electrons. The van der Waals surface area contributed by atoms with Crippen LogP contribution in [0.15, 0.2) is 48.5 Å². The van der Waals surface area contributed by atoms with Gasteiger partial charge in [-0.2, -0.15) is 0 Å². The first kappa shape index (κ1) is 21.2. The molecule has 1 aliphatic heterocycles. The molecule has 0 radical (unpaired) electrons. The number of methoxy groups -OCH3 is 1. The monoisotopic (exact) mass is 414 g/mol. The molecule has 0 aromatic heterocycles. The number of nitrogens with zero attached hydrogens (tertiary/aromatic N) is 2. The molecule has 2 aromatic rings. The number of carbonyl (C=O) groups is 2. The maximum Gasteiger partial charge on any atom is 0.255 e. The number of benzene rings is 2. The van der Waals surface area contributed by atoms with Crippen LogP contribution in [-0.4, -0.2) is 54.9 Å². The van der Waals surface area contributed by atoms with Crippen LogP contribution in [0.1, 0.15) is 35.7 Å². The van der Waals surface area contributed by atoms with E-state index in [1.165, 1.54) is 0 Å². The fourth-order valence-electron chi connectivity index (χ4n) is 3.98. The second kappa shape index (κ2) is 9.31. The molecule has 0 N–H and O–H groups in total. The van der Waals surface area contributed by atoms with Gasteiger partial charge in [0.1, 0.15) is 5.75 Å². The summed E-state index contributed by atoms with van der Waals surface area (Å²) in [5, 5.41) is 0.428. The lowest BCUT2D eigenvalue weighted by molar-refractivity contribution is -0.135. The van der Waals surface area contributed by atoms with Gasteiger partial charge in [0.15, 0.2) is 0 Å². The van der Waals surface area contributed by atoms with Crippen LogP contribution in [0.5, 0.6) is 5.75 Å². The molecular formula is C23H27ClN2O3. The van der Waals surface area contributed by atoms with Crippen molar-refractivity contribution < 1.29 is 14.3 Å². The van der Waals surface area contributed by atoms with E-state index in [1.807, 2.05) is 43.0 Å². The van der Waals surface area contributed by atoms with Gasteiger partial charge in [-0.05, 0) is 43.7 Å². The molecule has 2 aromatic carbocycles. The second-order valence-corrected chi connectivity index (χ2v) is 7.59. The first-order valence-corrected chi connectivity index (χ1v) is 10.3. The molecule has 2 atom stereocenters. The third-order valence-corrected chi connectivity index (χ3v) is 5.98. The van der Waals surface area contributed by atoms with E-state index in [2.05, 4.69) is 0 Å². The Kier molecular flexibility index (Phi) is 6.80. The first-order chi connectivity index (χ1) is 14.0. The van der Waals surface area contributed by atoms with Gasteiger partial charge in [0.25, 0.3) is 5.91 Å². The predicted molar refractivity (Wildman–Crippen MR) is 115 cm³/mol. The standard InChI is InChI=1S/C23H27ClN2O3/c1-4-25(5-2)23(28)20-15-26(22(27)18-8-6-7-9-21(18)24)14-19(20)16-10-12-17(29-3)13-11-16/h6-13,19-20H,4-5,14-15H2,1-3H3/t19-,20-/m1/s1. The van der Waals surface area contributed by atoms with Crippen molar-refractivity contribution in [1.82, 2.24) is 9.80 Å². The van der Waals surface area contributed by atoms with Crippen molar-refractivity contribution in [3.63, 3.8) is 0 Å². The maximum atomic E-state index is 13.2. The van der Waals surface area contributed by atoms with Gasteiger partial charge in [-0.15, -0.1) is 0 Å². The van der Waals surface area contributed by atoms with E-state index in [0.29, 0.717) is 36.8 Å². The summed E-state index contributed by atoms with van der Waals surface area (Å²) in [5.74, 6) is 0.367. The Morgan fingerprint density at radius 3 is 2.31 bits per heavy atom. The first-order valence-electron chi connectivity index (χ1n) is 9.96. The van der Waals surface area contributed by atoms with E-state index in [4.69, 9.17) is 16.3 Å². The molecule has 1 fully saturated rings. The molecule has 0 saturated carbocycles. The lowest BCUT2D eigenvalue weighted by Crippen LogP contribution is -2.39. The Hall–Kier alpha value is -2.53. The van der Waals surface area contributed by atoms with Gasteiger partial charge in [-0.1, -0.05) is 35.9 Å². The van der Waals surface area contributed by atoms with Crippen molar-refractivity contribution in [1.29, 1.82) is 0 Å². The minimum absolute atomic E-state index is 0.0690. The molecule has 1 saturated heterocycles. The highest BCUT2D eigenvalue weighted by molar-refractivity contribution is 6.33. The Balaban J connectivity index is 1.91. The molecule has 5 nitrogen and oxygen atoms in total. The molecule has 1 heterocycles. The molecule has 0 unspecified atom stereocenters. The number of rotatable bonds is 6. The average molecular weight is 415 g/mol.